The zero-order valence-electron chi connectivity index (χ0n) is 16.7. The topological polar surface area (TPSA) is 12.0 Å². The Morgan fingerprint density at radius 1 is 0.857 bits per heavy atom. The van der Waals surface area contributed by atoms with E-state index in [1.807, 2.05) is 32.0 Å². The monoisotopic (exact) mass is 387 g/mol. The first kappa shape index (κ1) is 22.4. The number of rotatable bonds is 3. The number of hydrogen-bond donors (Lipinski definition) is 1. The fourth-order valence-corrected chi connectivity index (χ4v) is 3.68. The average Bonchev–Trinajstić information content (AvgIpc) is 2.67. The molecule has 3 rings (SSSR count). The van der Waals surface area contributed by atoms with Crippen LogP contribution in [-0.4, -0.2) is 7.85 Å². The van der Waals surface area contributed by atoms with Crippen molar-refractivity contribution in [2.24, 2.45) is 0 Å². The van der Waals surface area contributed by atoms with Gasteiger partial charge in [-0.15, -0.1) is 0 Å². The van der Waals surface area contributed by atoms with E-state index in [1.165, 1.54) is 17.7 Å². The van der Waals surface area contributed by atoms with Gasteiger partial charge in [0.1, 0.15) is 0 Å². The van der Waals surface area contributed by atoms with Gasteiger partial charge in [0.05, 0.1) is 13.4 Å². The van der Waals surface area contributed by atoms with E-state index in [1.54, 1.807) is 0 Å². The molecule has 1 nitrogen and oxygen atoms in total. The Hall–Kier alpha value is -1.91. The third-order valence-electron chi connectivity index (χ3n) is 5.16. The molecule has 1 aliphatic rings. The number of benzene rings is 2. The van der Waals surface area contributed by atoms with Gasteiger partial charge in [-0.3, -0.25) is 0 Å². The second kappa shape index (κ2) is 10.6. The van der Waals surface area contributed by atoms with E-state index in [9.17, 15) is 13.2 Å². The molecular formula is C23H29BF3N. The molecule has 0 saturated heterocycles. The molecular weight excluding hydrogens is 358 g/mol. The molecule has 1 fully saturated rings. The van der Waals surface area contributed by atoms with Gasteiger partial charge in [-0.05, 0) is 54.7 Å². The van der Waals surface area contributed by atoms with Gasteiger partial charge < -0.3 is 5.32 Å². The Balaban J connectivity index is 0.00000136. The summed E-state index contributed by atoms with van der Waals surface area (Å²) in [4.78, 5) is 0. The van der Waals surface area contributed by atoms with Crippen molar-refractivity contribution < 1.29 is 13.2 Å². The number of nitrogens with one attached hydrogen (secondary N) is 1. The highest BCUT2D eigenvalue weighted by Gasteiger charge is 2.30. The first-order valence-corrected chi connectivity index (χ1v) is 10.2. The second-order valence-corrected chi connectivity index (χ2v) is 7.11. The summed E-state index contributed by atoms with van der Waals surface area (Å²) in [5, 5.41) is 3.30. The molecule has 1 aliphatic carbocycles. The summed E-state index contributed by atoms with van der Waals surface area (Å²) in [5.41, 5.74) is 2.21. The van der Waals surface area contributed by atoms with Crippen LogP contribution >= 0.6 is 0 Å². The number of hydrogen-bond acceptors (Lipinski definition) is 1. The normalized spacial score (nSPS) is 20.3. The lowest BCUT2D eigenvalue weighted by atomic mass is 9.74. The molecule has 0 aromatic heterocycles. The SMILES string of the molecule is CC.[B]C1CCCCC(c2ccccc2Nc2ccc(C(F)(F)F)cc2)CC1. The van der Waals surface area contributed by atoms with Crippen molar-refractivity contribution in [1.29, 1.82) is 0 Å². The van der Waals surface area contributed by atoms with Crippen molar-refractivity contribution in [2.75, 3.05) is 5.32 Å². The van der Waals surface area contributed by atoms with Crippen LogP contribution in [0, 0.1) is 0 Å². The highest BCUT2D eigenvalue weighted by molar-refractivity contribution is 6.11. The molecule has 2 atom stereocenters. The number of alkyl halides is 3. The molecule has 0 bridgehead atoms. The van der Waals surface area contributed by atoms with Gasteiger partial charge in [-0.25, -0.2) is 0 Å². The predicted molar refractivity (Wildman–Crippen MR) is 112 cm³/mol. The number of para-hydroxylation sites is 1. The molecule has 28 heavy (non-hydrogen) atoms. The highest BCUT2D eigenvalue weighted by atomic mass is 19.4. The average molecular weight is 387 g/mol. The molecule has 2 unspecified atom stereocenters. The number of anilines is 2. The van der Waals surface area contributed by atoms with Crippen LogP contribution < -0.4 is 5.32 Å². The molecule has 2 radical (unpaired) electrons. The van der Waals surface area contributed by atoms with E-state index >= 15 is 0 Å². The molecule has 5 heteroatoms. The van der Waals surface area contributed by atoms with Crippen molar-refractivity contribution in [3.63, 3.8) is 0 Å². The van der Waals surface area contributed by atoms with Gasteiger partial charge in [-0.2, -0.15) is 13.2 Å². The summed E-state index contributed by atoms with van der Waals surface area (Å²) >= 11 is 0. The highest BCUT2D eigenvalue weighted by Crippen LogP contribution is 2.38. The minimum atomic E-state index is -4.31. The molecule has 0 heterocycles. The van der Waals surface area contributed by atoms with Crippen molar-refractivity contribution in [3.05, 3.63) is 59.7 Å². The molecule has 2 aromatic carbocycles. The van der Waals surface area contributed by atoms with Crippen molar-refractivity contribution in [3.8, 4) is 0 Å². The molecule has 0 aliphatic heterocycles. The summed E-state index contributed by atoms with van der Waals surface area (Å²) in [5.74, 6) is 0.701. The quantitative estimate of drug-likeness (QED) is 0.529. The van der Waals surface area contributed by atoms with E-state index in [-0.39, 0.29) is 5.82 Å². The predicted octanol–water partition coefficient (Wildman–Crippen LogP) is 7.87. The first-order valence-electron chi connectivity index (χ1n) is 10.2. The first-order chi connectivity index (χ1) is 13.4. The van der Waals surface area contributed by atoms with Crippen LogP contribution in [0.2, 0.25) is 5.82 Å². The third-order valence-corrected chi connectivity index (χ3v) is 5.16. The zero-order valence-corrected chi connectivity index (χ0v) is 16.7. The zero-order chi connectivity index (χ0) is 20.6. The smallest absolute Gasteiger partial charge is 0.355 e. The molecule has 1 N–H and O–H groups in total. The largest absolute Gasteiger partial charge is 0.416 e. The van der Waals surface area contributed by atoms with Crippen LogP contribution in [0.25, 0.3) is 0 Å². The summed E-state index contributed by atoms with van der Waals surface area (Å²) < 4.78 is 38.2. The van der Waals surface area contributed by atoms with Crippen LogP contribution in [0.3, 0.4) is 0 Å². The van der Waals surface area contributed by atoms with E-state index in [2.05, 4.69) is 11.4 Å². The second-order valence-electron chi connectivity index (χ2n) is 7.11. The summed E-state index contributed by atoms with van der Waals surface area (Å²) in [6, 6.07) is 13.3. The van der Waals surface area contributed by atoms with Gasteiger partial charge >= 0.3 is 6.18 Å². The van der Waals surface area contributed by atoms with Gasteiger partial charge in [0, 0.05) is 11.4 Å². The minimum absolute atomic E-state index is 0.271. The van der Waals surface area contributed by atoms with Crippen LogP contribution in [0.15, 0.2) is 48.5 Å². The number of halogens is 3. The summed E-state index contributed by atoms with van der Waals surface area (Å²) in [6.45, 7) is 4.00. The molecule has 0 spiro atoms. The molecule has 150 valence electrons. The van der Waals surface area contributed by atoms with Crippen LogP contribution in [-0.2, 0) is 6.18 Å². The van der Waals surface area contributed by atoms with E-state index in [4.69, 9.17) is 7.85 Å². The molecule has 0 amide bonds. The summed E-state index contributed by atoms with van der Waals surface area (Å²) in [7, 11) is 6.15. The van der Waals surface area contributed by atoms with Crippen LogP contribution in [0.4, 0.5) is 24.5 Å². The molecule has 1 saturated carbocycles. The maximum Gasteiger partial charge on any atom is 0.416 e. The Kier molecular flexibility index (Phi) is 8.46. The van der Waals surface area contributed by atoms with E-state index in [0.717, 1.165) is 56.3 Å². The van der Waals surface area contributed by atoms with Gasteiger partial charge in [-0.1, -0.05) is 63.5 Å². The minimum Gasteiger partial charge on any atom is -0.355 e. The Bertz CT molecular complexity index is 713. The fraction of sp³-hybridized carbons (Fsp3) is 0.478. The van der Waals surface area contributed by atoms with Crippen molar-refractivity contribution >= 4 is 19.2 Å². The fourth-order valence-electron chi connectivity index (χ4n) is 3.68. The van der Waals surface area contributed by atoms with E-state index in [0.29, 0.717) is 11.6 Å². The van der Waals surface area contributed by atoms with Gasteiger partial charge in [0.25, 0.3) is 0 Å². The lowest BCUT2D eigenvalue weighted by molar-refractivity contribution is -0.137. The van der Waals surface area contributed by atoms with Gasteiger partial charge in [0.2, 0.25) is 0 Å². The summed E-state index contributed by atoms with van der Waals surface area (Å²) in [6.07, 6.45) is 2.29. The Labute approximate surface area is 168 Å². The third kappa shape index (κ3) is 6.32. The van der Waals surface area contributed by atoms with Crippen molar-refractivity contribution in [2.45, 2.75) is 70.3 Å². The maximum absolute atomic E-state index is 12.7. The maximum atomic E-state index is 12.7. The lowest BCUT2D eigenvalue weighted by Gasteiger charge is -2.25. The Morgan fingerprint density at radius 3 is 2.18 bits per heavy atom. The van der Waals surface area contributed by atoms with Crippen LogP contribution in [0.5, 0.6) is 0 Å². The molecule has 2 aromatic rings. The lowest BCUT2D eigenvalue weighted by Crippen LogP contribution is -2.08. The van der Waals surface area contributed by atoms with Crippen molar-refractivity contribution in [1.82, 2.24) is 0 Å². The van der Waals surface area contributed by atoms with E-state index < -0.39 is 11.7 Å². The van der Waals surface area contributed by atoms with Crippen LogP contribution in [0.1, 0.15) is 69.4 Å². The Morgan fingerprint density at radius 2 is 1.50 bits per heavy atom. The van der Waals surface area contributed by atoms with Gasteiger partial charge in [0.15, 0.2) is 0 Å². The standard InChI is InChI=1S/C21H23BF3N.C2H6/c22-17-6-2-1-5-15(9-12-17)19-7-3-4-8-20(19)26-18-13-10-16(11-14-18)21(23,24)25;1-2/h3-4,7-8,10-11,13-15,17,26H,1-2,5-6,9,12H2;1-2H3.